The van der Waals surface area contributed by atoms with Gasteiger partial charge in [0, 0.05) is 4.88 Å². The first-order valence-corrected chi connectivity index (χ1v) is 5.02. The van der Waals surface area contributed by atoms with Gasteiger partial charge in [-0.15, -0.1) is 11.3 Å². The minimum Gasteiger partial charge on any atom is -0.388 e. The van der Waals surface area contributed by atoms with Crippen LogP contribution in [-0.2, 0) is 0 Å². The van der Waals surface area contributed by atoms with Crippen molar-refractivity contribution in [2.45, 2.75) is 33.8 Å². The summed E-state index contributed by atoms with van der Waals surface area (Å²) in [7, 11) is 0. The fourth-order valence-corrected chi connectivity index (χ4v) is 1.83. The summed E-state index contributed by atoms with van der Waals surface area (Å²) in [5, 5.41) is 11.9. The molecule has 1 heterocycles. The van der Waals surface area contributed by atoms with Crippen LogP contribution in [0, 0.1) is 12.3 Å². The first-order chi connectivity index (χ1) is 5.41. The van der Waals surface area contributed by atoms with E-state index in [0.29, 0.717) is 0 Å². The second-order valence-corrected chi connectivity index (χ2v) is 5.37. The fourth-order valence-electron chi connectivity index (χ4n) is 1.11. The molecule has 0 aliphatic heterocycles. The number of hydrogen-bond donors (Lipinski definition) is 1. The molecule has 0 saturated carbocycles. The Morgan fingerprint density at radius 3 is 2.33 bits per heavy atom. The van der Waals surface area contributed by atoms with Gasteiger partial charge in [0.1, 0.15) is 0 Å². The molecule has 2 heteroatoms. The van der Waals surface area contributed by atoms with Gasteiger partial charge in [-0.25, -0.2) is 0 Å². The van der Waals surface area contributed by atoms with Crippen molar-refractivity contribution in [3.8, 4) is 0 Å². The van der Waals surface area contributed by atoms with Gasteiger partial charge in [0.05, 0.1) is 6.10 Å². The number of aliphatic hydroxyl groups is 1. The molecule has 0 saturated heterocycles. The largest absolute Gasteiger partial charge is 0.388 e. The summed E-state index contributed by atoms with van der Waals surface area (Å²) in [6.07, 6.45) is -0.345. The first-order valence-electron chi connectivity index (χ1n) is 4.14. The Hall–Kier alpha value is -0.340. The molecule has 0 spiro atoms. The minimum atomic E-state index is -0.345. The van der Waals surface area contributed by atoms with Crippen molar-refractivity contribution >= 4 is 11.3 Å². The second-order valence-electron chi connectivity index (χ2n) is 4.26. The SMILES string of the molecule is Cc1cc(C(O)C(C)(C)C)cs1. The van der Waals surface area contributed by atoms with E-state index in [-0.39, 0.29) is 11.5 Å². The van der Waals surface area contributed by atoms with Crippen LogP contribution in [0.5, 0.6) is 0 Å². The molecule has 0 amide bonds. The van der Waals surface area contributed by atoms with Crippen LogP contribution < -0.4 is 0 Å². The van der Waals surface area contributed by atoms with Crippen molar-refractivity contribution < 1.29 is 5.11 Å². The summed E-state index contributed by atoms with van der Waals surface area (Å²) >= 11 is 1.69. The van der Waals surface area contributed by atoms with E-state index in [4.69, 9.17) is 0 Å². The van der Waals surface area contributed by atoms with E-state index < -0.39 is 0 Å². The molecule has 1 N–H and O–H groups in total. The maximum Gasteiger partial charge on any atom is 0.0846 e. The number of aryl methyl sites for hydroxylation is 1. The quantitative estimate of drug-likeness (QED) is 0.711. The number of aliphatic hydroxyl groups excluding tert-OH is 1. The lowest BCUT2D eigenvalue weighted by atomic mass is 9.86. The van der Waals surface area contributed by atoms with E-state index in [9.17, 15) is 5.11 Å². The highest BCUT2D eigenvalue weighted by Gasteiger charge is 2.24. The molecule has 12 heavy (non-hydrogen) atoms. The second kappa shape index (κ2) is 3.19. The van der Waals surface area contributed by atoms with Gasteiger partial charge in [-0.3, -0.25) is 0 Å². The Morgan fingerprint density at radius 1 is 1.42 bits per heavy atom. The van der Waals surface area contributed by atoms with Crippen LogP contribution in [0.25, 0.3) is 0 Å². The van der Waals surface area contributed by atoms with E-state index >= 15 is 0 Å². The zero-order valence-electron chi connectivity index (χ0n) is 8.09. The molecule has 0 aliphatic rings. The van der Waals surface area contributed by atoms with E-state index in [1.165, 1.54) is 4.88 Å². The Bertz CT molecular complexity index is 257. The number of rotatable bonds is 1. The number of thiophene rings is 1. The molecular formula is C10H16OS. The third-order valence-electron chi connectivity index (χ3n) is 1.89. The fraction of sp³-hybridized carbons (Fsp3) is 0.600. The predicted molar refractivity (Wildman–Crippen MR) is 53.5 cm³/mol. The summed E-state index contributed by atoms with van der Waals surface area (Å²) < 4.78 is 0. The molecule has 1 aromatic heterocycles. The summed E-state index contributed by atoms with van der Waals surface area (Å²) in [4.78, 5) is 1.26. The average molecular weight is 184 g/mol. The monoisotopic (exact) mass is 184 g/mol. The van der Waals surface area contributed by atoms with Crippen molar-refractivity contribution in [2.24, 2.45) is 5.41 Å². The molecular weight excluding hydrogens is 168 g/mol. The highest BCUT2D eigenvalue weighted by Crippen LogP contribution is 2.34. The molecule has 0 bridgehead atoms. The standard InChI is InChI=1S/C10H16OS/c1-7-5-8(6-12-7)9(11)10(2,3)4/h5-6,9,11H,1-4H3. The van der Waals surface area contributed by atoms with Crippen molar-refractivity contribution in [1.82, 2.24) is 0 Å². The van der Waals surface area contributed by atoms with Crippen LogP contribution in [0.4, 0.5) is 0 Å². The van der Waals surface area contributed by atoms with E-state index in [2.05, 4.69) is 13.0 Å². The Kier molecular flexibility index (Phi) is 2.59. The summed E-state index contributed by atoms with van der Waals surface area (Å²) in [6, 6.07) is 2.06. The first kappa shape index (κ1) is 9.75. The van der Waals surface area contributed by atoms with Gasteiger partial charge in [-0.05, 0) is 29.3 Å². The topological polar surface area (TPSA) is 20.2 Å². The van der Waals surface area contributed by atoms with Crippen molar-refractivity contribution in [3.63, 3.8) is 0 Å². The zero-order valence-corrected chi connectivity index (χ0v) is 8.90. The van der Waals surface area contributed by atoms with Gasteiger partial charge < -0.3 is 5.11 Å². The van der Waals surface area contributed by atoms with Crippen LogP contribution in [0.2, 0.25) is 0 Å². The van der Waals surface area contributed by atoms with Gasteiger partial charge in [0.15, 0.2) is 0 Å². The lowest BCUT2D eigenvalue weighted by Gasteiger charge is -2.24. The molecule has 1 rings (SSSR count). The molecule has 1 unspecified atom stereocenters. The van der Waals surface area contributed by atoms with Gasteiger partial charge in [0.2, 0.25) is 0 Å². The van der Waals surface area contributed by atoms with Crippen LogP contribution >= 0.6 is 11.3 Å². The maximum absolute atomic E-state index is 9.88. The molecule has 1 atom stereocenters. The van der Waals surface area contributed by atoms with E-state index in [1.54, 1.807) is 11.3 Å². The van der Waals surface area contributed by atoms with Crippen molar-refractivity contribution in [3.05, 3.63) is 21.9 Å². The summed E-state index contributed by atoms with van der Waals surface area (Å²) in [5.74, 6) is 0. The van der Waals surface area contributed by atoms with Crippen LogP contribution in [0.15, 0.2) is 11.4 Å². The average Bonchev–Trinajstić information content (AvgIpc) is 2.32. The zero-order chi connectivity index (χ0) is 9.35. The molecule has 0 aliphatic carbocycles. The third kappa shape index (κ3) is 2.08. The smallest absolute Gasteiger partial charge is 0.0846 e. The van der Waals surface area contributed by atoms with Crippen LogP contribution in [0.3, 0.4) is 0 Å². The molecule has 1 aromatic rings. The van der Waals surface area contributed by atoms with Gasteiger partial charge in [-0.1, -0.05) is 20.8 Å². The Labute approximate surface area is 78.1 Å². The summed E-state index contributed by atoms with van der Waals surface area (Å²) in [6.45, 7) is 8.20. The van der Waals surface area contributed by atoms with Gasteiger partial charge in [0.25, 0.3) is 0 Å². The lowest BCUT2D eigenvalue weighted by molar-refractivity contribution is 0.0630. The molecule has 68 valence electrons. The minimum absolute atomic E-state index is 0.0620. The molecule has 0 radical (unpaired) electrons. The highest BCUT2D eigenvalue weighted by atomic mass is 32.1. The molecule has 0 fully saturated rings. The highest BCUT2D eigenvalue weighted by molar-refractivity contribution is 7.10. The maximum atomic E-state index is 9.88. The lowest BCUT2D eigenvalue weighted by Crippen LogP contribution is -2.16. The predicted octanol–water partition coefficient (Wildman–Crippen LogP) is 3.14. The van der Waals surface area contributed by atoms with Crippen molar-refractivity contribution in [2.75, 3.05) is 0 Å². The van der Waals surface area contributed by atoms with Crippen LogP contribution in [0.1, 0.15) is 37.3 Å². The van der Waals surface area contributed by atoms with E-state index in [0.717, 1.165) is 5.56 Å². The number of hydrogen-bond acceptors (Lipinski definition) is 2. The normalized spacial score (nSPS) is 14.8. The molecule has 0 aromatic carbocycles. The van der Waals surface area contributed by atoms with Gasteiger partial charge in [-0.2, -0.15) is 0 Å². The van der Waals surface area contributed by atoms with Crippen LogP contribution in [-0.4, -0.2) is 5.11 Å². The van der Waals surface area contributed by atoms with E-state index in [1.807, 2.05) is 26.2 Å². The van der Waals surface area contributed by atoms with Crippen molar-refractivity contribution in [1.29, 1.82) is 0 Å². The van der Waals surface area contributed by atoms with Gasteiger partial charge >= 0.3 is 0 Å². The summed E-state index contributed by atoms with van der Waals surface area (Å²) in [5.41, 5.74) is 0.984. The third-order valence-corrected chi connectivity index (χ3v) is 2.77. The Balaban J connectivity index is 2.85. The Morgan fingerprint density at radius 2 is 2.00 bits per heavy atom. The molecule has 1 nitrogen and oxygen atoms in total.